The number of aryl methyl sites for hydroxylation is 1. The molecule has 2 aromatic rings. The van der Waals surface area contributed by atoms with Crippen LogP contribution in [0.5, 0.6) is 0 Å². The zero-order valence-electron chi connectivity index (χ0n) is 12.1. The zero-order valence-corrected chi connectivity index (χ0v) is 12.9. The van der Waals surface area contributed by atoms with Gasteiger partial charge in [0.25, 0.3) is 0 Å². The van der Waals surface area contributed by atoms with E-state index in [1.165, 1.54) is 12.8 Å². The first-order valence-corrected chi connectivity index (χ1v) is 8.01. The molecule has 0 unspecified atom stereocenters. The molecule has 112 valence electrons. The summed E-state index contributed by atoms with van der Waals surface area (Å²) in [6, 6.07) is 5.72. The highest BCUT2D eigenvalue weighted by atomic mass is 35.5. The number of amides is 1. The standard InChI is InChI=1S/C16H20ClN3O/c17-14-6-5-13-12-18-20(15(13)11-14)10-7-16(21)19-8-3-1-2-4-9-19/h5-6,11-12H,1-4,7-10H2. The van der Waals surface area contributed by atoms with E-state index in [0.717, 1.165) is 36.8 Å². The van der Waals surface area contributed by atoms with Gasteiger partial charge in [0.1, 0.15) is 0 Å². The van der Waals surface area contributed by atoms with E-state index in [-0.39, 0.29) is 5.91 Å². The Labute approximate surface area is 129 Å². The van der Waals surface area contributed by atoms with E-state index < -0.39 is 0 Å². The van der Waals surface area contributed by atoms with Crippen molar-refractivity contribution >= 4 is 28.4 Å². The van der Waals surface area contributed by atoms with Crippen LogP contribution in [0.1, 0.15) is 32.1 Å². The topological polar surface area (TPSA) is 38.1 Å². The molecule has 5 heteroatoms. The van der Waals surface area contributed by atoms with E-state index in [2.05, 4.69) is 5.10 Å². The fraction of sp³-hybridized carbons (Fsp3) is 0.500. The van der Waals surface area contributed by atoms with Crippen molar-refractivity contribution in [2.24, 2.45) is 0 Å². The Morgan fingerprint density at radius 3 is 2.71 bits per heavy atom. The predicted molar refractivity (Wildman–Crippen MR) is 84.4 cm³/mol. The van der Waals surface area contributed by atoms with Crippen molar-refractivity contribution in [3.8, 4) is 0 Å². The van der Waals surface area contributed by atoms with Crippen molar-refractivity contribution in [1.29, 1.82) is 0 Å². The monoisotopic (exact) mass is 305 g/mol. The van der Waals surface area contributed by atoms with E-state index in [1.807, 2.05) is 34.0 Å². The van der Waals surface area contributed by atoms with Crippen LogP contribution in [0, 0.1) is 0 Å². The Hall–Kier alpha value is -1.55. The second-order valence-electron chi connectivity index (χ2n) is 5.62. The third kappa shape index (κ3) is 3.38. The Morgan fingerprint density at radius 2 is 1.95 bits per heavy atom. The summed E-state index contributed by atoms with van der Waals surface area (Å²) in [4.78, 5) is 14.3. The molecule has 1 saturated heterocycles. The van der Waals surface area contributed by atoms with Gasteiger partial charge in [-0.15, -0.1) is 0 Å². The fourth-order valence-corrected chi connectivity index (χ4v) is 3.07. The first kappa shape index (κ1) is 14.4. The molecule has 3 rings (SSSR count). The lowest BCUT2D eigenvalue weighted by Gasteiger charge is -2.20. The van der Waals surface area contributed by atoms with Crippen molar-refractivity contribution in [3.05, 3.63) is 29.4 Å². The molecule has 2 heterocycles. The number of carbonyl (C=O) groups is 1. The van der Waals surface area contributed by atoms with Gasteiger partial charge >= 0.3 is 0 Å². The molecule has 0 atom stereocenters. The van der Waals surface area contributed by atoms with Crippen LogP contribution in [0.2, 0.25) is 5.02 Å². The minimum Gasteiger partial charge on any atom is -0.343 e. The Kier molecular flexibility index (Phi) is 4.44. The number of rotatable bonds is 3. The van der Waals surface area contributed by atoms with Gasteiger partial charge in [0.15, 0.2) is 0 Å². The molecule has 1 aliphatic rings. The first-order chi connectivity index (χ1) is 10.2. The number of halogens is 1. The van der Waals surface area contributed by atoms with Crippen LogP contribution in [0.4, 0.5) is 0 Å². The average molecular weight is 306 g/mol. The van der Waals surface area contributed by atoms with Gasteiger partial charge in [-0.2, -0.15) is 5.10 Å². The van der Waals surface area contributed by atoms with Gasteiger partial charge in [0.05, 0.1) is 18.3 Å². The second kappa shape index (κ2) is 6.48. The summed E-state index contributed by atoms with van der Waals surface area (Å²) in [7, 11) is 0. The number of likely N-dealkylation sites (tertiary alicyclic amines) is 1. The lowest BCUT2D eigenvalue weighted by molar-refractivity contribution is -0.131. The fourth-order valence-electron chi connectivity index (χ4n) is 2.90. The van der Waals surface area contributed by atoms with Crippen LogP contribution >= 0.6 is 11.6 Å². The molecule has 1 aromatic heterocycles. The normalized spacial score (nSPS) is 16.1. The molecule has 0 aliphatic carbocycles. The SMILES string of the molecule is O=C(CCn1ncc2ccc(Cl)cc21)N1CCCCCC1. The number of nitrogens with zero attached hydrogens (tertiary/aromatic N) is 3. The first-order valence-electron chi connectivity index (χ1n) is 7.63. The molecule has 4 nitrogen and oxygen atoms in total. The molecular weight excluding hydrogens is 286 g/mol. The van der Waals surface area contributed by atoms with Crippen LogP contribution in [0.3, 0.4) is 0 Å². The van der Waals surface area contributed by atoms with Gasteiger partial charge in [-0.3, -0.25) is 9.48 Å². The second-order valence-corrected chi connectivity index (χ2v) is 6.05. The number of carbonyl (C=O) groups excluding carboxylic acids is 1. The van der Waals surface area contributed by atoms with Crippen molar-refractivity contribution in [2.45, 2.75) is 38.6 Å². The van der Waals surface area contributed by atoms with Crippen LogP contribution < -0.4 is 0 Å². The van der Waals surface area contributed by atoms with E-state index in [4.69, 9.17) is 11.6 Å². The van der Waals surface area contributed by atoms with Crippen molar-refractivity contribution < 1.29 is 4.79 Å². The maximum absolute atomic E-state index is 12.3. The Morgan fingerprint density at radius 1 is 1.19 bits per heavy atom. The summed E-state index contributed by atoms with van der Waals surface area (Å²) in [6.45, 7) is 2.42. The summed E-state index contributed by atoms with van der Waals surface area (Å²) in [5.74, 6) is 0.238. The molecule has 0 radical (unpaired) electrons. The van der Waals surface area contributed by atoms with Gasteiger partial charge in [-0.05, 0) is 31.0 Å². The minimum atomic E-state index is 0.238. The van der Waals surface area contributed by atoms with E-state index >= 15 is 0 Å². The predicted octanol–water partition coefficient (Wildman–Crippen LogP) is 3.48. The summed E-state index contributed by atoms with van der Waals surface area (Å²) < 4.78 is 1.87. The molecule has 21 heavy (non-hydrogen) atoms. The van der Waals surface area contributed by atoms with Crippen LogP contribution in [0.25, 0.3) is 10.9 Å². The molecule has 1 amide bonds. The van der Waals surface area contributed by atoms with E-state index in [9.17, 15) is 4.79 Å². The van der Waals surface area contributed by atoms with Gasteiger partial charge < -0.3 is 4.90 Å². The van der Waals surface area contributed by atoms with Crippen molar-refractivity contribution in [2.75, 3.05) is 13.1 Å². The van der Waals surface area contributed by atoms with Gasteiger partial charge in [-0.1, -0.05) is 24.4 Å². The third-order valence-corrected chi connectivity index (χ3v) is 4.34. The number of hydrogen-bond acceptors (Lipinski definition) is 2. The highest BCUT2D eigenvalue weighted by molar-refractivity contribution is 6.31. The Balaban J connectivity index is 1.65. The van der Waals surface area contributed by atoms with Crippen molar-refractivity contribution in [1.82, 2.24) is 14.7 Å². The molecular formula is C16H20ClN3O. The van der Waals surface area contributed by atoms with E-state index in [0.29, 0.717) is 18.0 Å². The largest absolute Gasteiger partial charge is 0.343 e. The van der Waals surface area contributed by atoms with E-state index in [1.54, 1.807) is 0 Å². The third-order valence-electron chi connectivity index (χ3n) is 4.10. The van der Waals surface area contributed by atoms with Crippen molar-refractivity contribution in [3.63, 3.8) is 0 Å². The Bertz CT molecular complexity index is 629. The molecule has 0 bridgehead atoms. The lowest BCUT2D eigenvalue weighted by atomic mass is 10.2. The molecule has 1 aliphatic heterocycles. The summed E-state index contributed by atoms with van der Waals surface area (Å²) in [6.07, 6.45) is 7.07. The van der Waals surface area contributed by atoms with Gasteiger partial charge in [0.2, 0.25) is 5.91 Å². The maximum atomic E-state index is 12.3. The molecule has 1 aromatic carbocycles. The van der Waals surface area contributed by atoms with Crippen LogP contribution in [-0.4, -0.2) is 33.7 Å². The summed E-state index contributed by atoms with van der Waals surface area (Å²) in [5.41, 5.74) is 0.992. The summed E-state index contributed by atoms with van der Waals surface area (Å²) >= 11 is 6.03. The number of hydrogen-bond donors (Lipinski definition) is 0. The smallest absolute Gasteiger partial charge is 0.224 e. The summed E-state index contributed by atoms with van der Waals surface area (Å²) in [5, 5.41) is 6.11. The highest BCUT2D eigenvalue weighted by Crippen LogP contribution is 2.19. The molecule has 1 fully saturated rings. The van der Waals surface area contributed by atoms with Gasteiger partial charge in [0, 0.05) is 29.9 Å². The minimum absolute atomic E-state index is 0.238. The van der Waals surface area contributed by atoms with Gasteiger partial charge in [-0.25, -0.2) is 0 Å². The maximum Gasteiger partial charge on any atom is 0.224 e. The molecule has 0 saturated carbocycles. The van der Waals surface area contributed by atoms with Crippen LogP contribution in [0.15, 0.2) is 24.4 Å². The molecule has 0 N–H and O–H groups in total. The highest BCUT2D eigenvalue weighted by Gasteiger charge is 2.15. The lowest BCUT2D eigenvalue weighted by Crippen LogP contribution is -2.32. The zero-order chi connectivity index (χ0) is 14.7. The average Bonchev–Trinajstić information content (AvgIpc) is 2.71. The number of benzene rings is 1. The number of fused-ring (bicyclic) bond motifs is 1. The number of aromatic nitrogens is 2. The quantitative estimate of drug-likeness (QED) is 0.870. The molecule has 0 spiro atoms. The van der Waals surface area contributed by atoms with Crippen LogP contribution in [-0.2, 0) is 11.3 Å².